The van der Waals surface area contributed by atoms with Gasteiger partial charge in [0.25, 0.3) is 0 Å². The lowest BCUT2D eigenvalue weighted by Gasteiger charge is -2.06. The van der Waals surface area contributed by atoms with Crippen LogP contribution in [0.25, 0.3) is 10.8 Å². The molecule has 0 spiro atoms. The molecule has 4 heteroatoms. The molecule has 14 heavy (non-hydrogen) atoms. The molecule has 0 saturated heterocycles. The van der Waals surface area contributed by atoms with Gasteiger partial charge in [0.05, 0.1) is 0 Å². The Hall–Kier alpha value is -1.16. The Bertz CT molecular complexity index is 477. The number of nitrogens with one attached hydrogen (secondary N) is 1. The molecular formula is C10H8BrFN2. The lowest BCUT2D eigenvalue weighted by molar-refractivity contribution is 0.639. The first-order valence-corrected chi connectivity index (χ1v) is 4.94. The third-order valence-corrected chi connectivity index (χ3v) is 2.65. The van der Waals surface area contributed by atoms with Crippen molar-refractivity contribution in [2.75, 3.05) is 12.4 Å². The fraction of sp³-hybridized carbons (Fsp3) is 0.100. The molecule has 0 aliphatic carbocycles. The number of fused-ring (bicyclic) bond motifs is 1. The zero-order valence-electron chi connectivity index (χ0n) is 7.51. The number of anilines is 1. The summed E-state index contributed by atoms with van der Waals surface area (Å²) in [6, 6.07) is 4.95. The average molecular weight is 255 g/mol. The minimum atomic E-state index is -0.242. The molecule has 1 aromatic carbocycles. The SMILES string of the molecule is CNc1ncc(Br)c2c(F)cccc12. The van der Waals surface area contributed by atoms with E-state index in [-0.39, 0.29) is 5.82 Å². The predicted octanol–water partition coefficient (Wildman–Crippen LogP) is 3.18. The van der Waals surface area contributed by atoms with Gasteiger partial charge in [0.2, 0.25) is 0 Å². The van der Waals surface area contributed by atoms with Gasteiger partial charge in [0.1, 0.15) is 11.6 Å². The highest BCUT2D eigenvalue weighted by molar-refractivity contribution is 9.10. The number of aromatic nitrogens is 1. The summed E-state index contributed by atoms with van der Waals surface area (Å²) in [6.45, 7) is 0. The van der Waals surface area contributed by atoms with Gasteiger partial charge in [0, 0.05) is 28.5 Å². The first-order chi connectivity index (χ1) is 6.74. The maximum Gasteiger partial charge on any atom is 0.133 e. The van der Waals surface area contributed by atoms with Gasteiger partial charge in [-0.15, -0.1) is 0 Å². The molecule has 0 unspecified atom stereocenters. The van der Waals surface area contributed by atoms with E-state index < -0.39 is 0 Å². The van der Waals surface area contributed by atoms with Crippen LogP contribution in [0.1, 0.15) is 0 Å². The van der Waals surface area contributed by atoms with E-state index in [4.69, 9.17) is 0 Å². The van der Waals surface area contributed by atoms with E-state index in [9.17, 15) is 4.39 Å². The van der Waals surface area contributed by atoms with E-state index in [1.807, 2.05) is 6.07 Å². The van der Waals surface area contributed by atoms with Crippen molar-refractivity contribution in [2.45, 2.75) is 0 Å². The molecule has 0 saturated carbocycles. The van der Waals surface area contributed by atoms with E-state index in [1.54, 1.807) is 19.3 Å². The highest BCUT2D eigenvalue weighted by Crippen LogP contribution is 2.29. The summed E-state index contributed by atoms with van der Waals surface area (Å²) in [7, 11) is 1.76. The van der Waals surface area contributed by atoms with Gasteiger partial charge in [-0.2, -0.15) is 0 Å². The molecule has 1 aromatic heterocycles. The fourth-order valence-electron chi connectivity index (χ4n) is 1.42. The van der Waals surface area contributed by atoms with Crippen molar-refractivity contribution in [1.82, 2.24) is 4.98 Å². The second-order valence-electron chi connectivity index (χ2n) is 2.87. The van der Waals surface area contributed by atoms with Crippen molar-refractivity contribution in [3.63, 3.8) is 0 Å². The van der Waals surface area contributed by atoms with Crippen LogP contribution in [0.4, 0.5) is 10.2 Å². The topological polar surface area (TPSA) is 24.9 Å². The summed E-state index contributed by atoms with van der Waals surface area (Å²) in [5.74, 6) is 0.441. The van der Waals surface area contributed by atoms with Crippen LogP contribution in [-0.4, -0.2) is 12.0 Å². The average Bonchev–Trinajstić information content (AvgIpc) is 2.18. The molecule has 2 aromatic rings. The van der Waals surface area contributed by atoms with Crippen molar-refractivity contribution < 1.29 is 4.39 Å². The zero-order valence-corrected chi connectivity index (χ0v) is 9.10. The van der Waals surface area contributed by atoms with Crippen molar-refractivity contribution >= 4 is 32.5 Å². The van der Waals surface area contributed by atoms with Crippen molar-refractivity contribution in [3.05, 3.63) is 34.7 Å². The Morgan fingerprint density at radius 2 is 2.21 bits per heavy atom. The maximum atomic E-state index is 13.5. The number of halogens is 2. The largest absolute Gasteiger partial charge is 0.373 e. The molecule has 2 rings (SSSR count). The Labute approximate surface area is 89.3 Å². The van der Waals surface area contributed by atoms with Crippen LogP contribution >= 0.6 is 15.9 Å². The van der Waals surface area contributed by atoms with E-state index >= 15 is 0 Å². The number of nitrogens with zero attached hydrogens (tertiary/aromatic N) is 1. The van der Waals surface area contributed by atoms with Gasteiger partial charge in [-0.3, -0.25) is 0 Å². The first-order valence-electron chi connectivity index (χ1n) is 4.14. The Morgan fingerprint density at radius 3 is 2.93 bits per heavy atom. The molecule has 0 radical (unpaired) electrons. The van der Waals surface area contributed by atoms with Crippen LogP contribution in [0.3, 0.4) is 0 Å². The van der Waals surface area contributed by atoms with Crippen LogP contribution in [0, 0.1) is 5.82 Å². The summed E-state index contributed by atoms with van der Waals surface area (Å²) in [5.41, 5.74) is 0. The van der Waals surface area contributed by atoms with Gasteiger partial charge >= 0.3 is 0 Å². The predicted molar refractivity (Wildman–Crippen MR) is 58.9 cm³/mol. The Kier molecular flexibility index (Phi) is 2.37. The minimum Gasteiger partial charge on any atom is -0.373 e. The first kappa shape index (κ1) is 9.40. The molecular weight excluding hydrogens is 247 g/mol. The van der Waals surface area contributed by atoms with Crippen LogP contribution in [0.2, 0.25) is 0 Å². The van der Waals surface area contributed by atoms with Crippen molar-refractivity contribution in [1.29, 1.82) is 0 Å². The molecule has 1 N–H and O–H groups in total. The standard InChI is InChI=1S/C10H8BrFN2/c1-13-10-6-3-2-4-8(12)9(6)7(11)5-14-10/h2-5H,1H3,(H,13,14). The monoisotopic (exact) mass is 254 g/mol. The second-order valence-corrected chi connectivity index (χ2v) is 3.72. The second kappa shape index (κ2) is 3.53. The van der Waals surface area contributed by atoms with Crippen LogP contribution < -0.4 is 5.32 Å². The molecule has 2 nitrogen and oxygen atoms in total. The molecule has 0 aliphatic rings. The molecule has 1 heterocycles. The van der Waals surface area contributed by atoms with E-state index in [1.165, 1.54) is 6.07 Å². The zero-order chi connectivity index (χ0) is 10.1. The summed E-state index contributed by atoms with van der Waals surface area (Å²) in [6.07, 6.45) is 1.59. The number of rotatable bonds is 1. The highest BCUT2D eigenvalue weighted by atomic mass is 79.9. The van der Waals surface area contributed by atoms with Gasteiger partial charge in [0.15, 0.2) is 0 Å². The van der Waals surface area contributed by atoms with Crippen LogP contribution in [0.5, 0.6) is 0 Å². The van der Waals surface area contributed by atoms with Crippen molar-refractivity contribution in [3.8, 4) is 0 Å². The number of benzene rings is 1. The molecule has 72 valence electrons. The minimum absolute atomic E-state index is 0.242. The van der Waals surface area contributed by atoms with E-state index in [0.717, 1.165) is 5.39 Å². The van der Waals surface area contributed by atoms with Gasteiger partial charge < -0.3 is 5.32 Å². The third-order valence-electron chi connectivity index (χ3n) is 2.05. The number of hydrogen-bond acceptors (Lipinski definition) is 2. The van der Waals surface area contributed by atoms with Crippen LogP contribution in [0.15, 0.2) is 28.9 Å². The van der Waals surface area contributed by atoms with Crippen molar-refractivity contribution in [2.24, 2.45) is 0 Å². The smallest absolute Gasteiger partial charge is 0.133 e. The van der Waals surface area contributed by atoms with E-state index in [2.05, 4.69) is 26.2 Å². The maximum absolute atomic E-state index is 13.5. The number of pyridine rings is 1. The molecule has 0 aliphatic heterocycles. The van der Waals surface area contributed by atoms with Gasteiger partial charge in [-0.05, 0) is 22.0 Å². The lowest BCUT2D eigenvalue weighted by Crippen LogP contribution is -1.94. The Balaban J connectivity index is 2.91. The third kappa shape index (κ3) is 1.35. The van der Waals surface area contributed by atoms with Gasteiger partial charge in [-0.25, -0.2) is 9.37 Å². The summed E-state index contributed by atoms with van der Waals surface area (Å²) in [5, 5.41) is 4.27. The van der Waals surface area contributed by atoms with Crippen LogP contribution in [-0.2, 0) is 0 Å². The number of hydrogen-bond donors (Lipinski definition) is 1. The summed E-state index contributed by atoms with van der Waals surface area (Å²) in [4.78, 5) is 4.14. The quantitative estimate of drug-likeness (QED) is 0.846. The molecule has 0 fully saturated rings. The fourth-order valence-corrected chi connectivity index (χ4v) is 1.92. The lowest BCUT2D eigenvalue weighted by atomic mass is 10.1. The Morgan fingerprint density at radius 1 is 1.43 bits per heavy atom. The molecule has 0 atom stereocenters. The van der Waals surface area contributed by atoms with Gasteiger partial charge in [-0.1, -0.05) is 12.1 Å². The summed E-state index contributed by atoms with van der Waals surface area (Å²) < 4.78 is 14.1. The highest BCUT2D eigenvalue weighted by Gasteiger charge is 2.08. The summed E-state index contributed by atoms with van der Waals surface area (Å²) >= 11 is 3.28. The molecule has 0 bridgehead atoms. The normalized spacial score (nSPS) is 10.5. The molecule has 0 amide bonds. The van der Waals surface area contributed by atoms with E-state index in [0.29, 0.717) is 15.7 Å².